The lowest BCUT2D eigenvalue weighted by Gasteiger charge is -2.10. The second-order valence-corrected chi connectivity index (χ2v) is 5.55. The Morgan fingerprint density at radius 1 is 1.17 bits per heavy atom. The van der Waals surface area contributed by atoms with E-state index in [0.29, 0.717) is 11.4 Å². The summed E-state index contributed by atoms with van der Waals surface area (Å²) in [4.78, 5) is 15.9. The molecule has 1 N–H and O–H groups in total. The summed E-state index contributed by atoms with van der Waals surface area (Å²) in [5.74, 6) is 1.21. The van der Waals surface area contributed by atoms with Crippen LogP contribution in [0.3, 0.4) is 0 Å². The lowest BCUT2D eigenvalue weighted by Crippen LogP contribution is -2.20. The molecule has 0 atom stereocenters. The van der Waals surface area contributed by atoms with Crippen LogP contribution in [0, 0.1) is 13.8 Å². The molecule has 1 amide bonds. The van der Waals surface area contributed by atoms with Gasteiger partial charge in [0, 0.05) is 11.3 Å². The second kappa shape index (κ2) is 7.00. The van der Waals surface area contributed by atoms with E-state index in [2.05, 4.69) is 10.3 Å². The summed E-state index contributed by atoms with van der Waals surface area (Å²) in [5, 5.41) is 2.81. The van der Waals surface area contributed by atoms with Crippen LogP contribution in [0.5, 0.6) is 5.75 Å². The molecule has 0 spiro atoms. The first kappa shape index (κ1) is 15.8. The highest BCUT2D eigenvalue weighted by Gasteiger charge is 2.07. The first-order valence-corrected chi connectivity index (χ1v) is 7.60. The van der Waals surface area contributed by atoms with Gasteiger partial charge in [-0.1, -0.05) is 12.1 Å². The van der Waals surface area contributed by atoms with Crippen LogP contribution in [-0.2, 0) is 4.79 Å². The fraction of sp³-hybridized carbons (Fsp3) is 0.158. The van der Waals surface area contributed by atoms with E-state index in [0.717, 1.165) is 22.4 Å². The molecule has 0 saturated heterocycles. The molecule has 122 valence electrons. The van der Waals surface area contributed by atoms with Gasteiger partial charge in [0.2, 0.25) is 0 Å². The van der Waals surface area contributed by atoms with Crippen molar-refractivity contribution in [2.45, 2.75) is 13.8 Å². The number of ether oxygens (including phenoxy) is 1. The summed E-state index contributed by atoms with van der Waals surface area (Å²) >= 11 is 0. The third-order valence-electron chi connectivity index (χ3n) is 3.59. The minimum Gasteiger partial charge on any atom is -0.483 e. The van der Waals surface area contributed by atoms with E-state index in [4.69, 9.17) is 9.15 Å². The highest BCUT2D eigenvalue weighted by atomic mass is 16.5. The number of anilines is 1. The van der Waals surface area contributed by atoms with Crippen LogP contribution in [0.4, 0.5) is 5.69 Å². The van der Waals surface area contributed by atoms with Crippen molar-refractivity contribution in [1.82, 2.24) is 4.98 Å². The second-order valence-electron chi connectivity index (χ2n) is 5.55. The Labute approximate surface area is 140 Å². The van der Waals surface area contributed by atoms with Crippen LogP contribution in [0.25, 0.3) is 11.3 Å². The summed E-state index contributed by atoms with van der Waals surface area (Å²) in [7, 11) is 0. The summed E-state index contributed by atoms with van der Waals surface area (Å²) < 4.78 is 10.8. The van der Waals surface area contributed by atoms with Crippen molar-refractivity contribution in [2.75, 3.05) is 11.9 Å². The molecule has 5 heteroatoms. The van der Waals surface area contributed by atoms with Crippen molar-refractivity contribution in [3.63, 3.8) is 0 Å². The van der Waals surface area contributed by atoms with Gasteiger partial charge in [0.05, 0.1) is 6.20 Å². The fourth-order valence-corrected chi connectivity index (χ4v) is 2.28. The summed E-state index contributed by atoms with van der Waals surface area (Å²) in [6, 6.07) is 13.3. The van der Waals surface area contributed by atoms with E-state index in [1.54, 1.807) is 6.20 Å². The van der Waals surface area contributed by atoms with Crippen LogP contribution in [0.1, 0.15) is 11.1 Å². The number of carbonyl (C=O) groups excluding carboxylic acids is 1. The van der Waals surface area contributed by atoms with Crippen molar-refractivity contribution in [3.05, 3.63) is 66.2 Å². The predicted molar refractivity (Wildman–Crippen MR) is 92.0 cm³/mol. The van der Waals surface area contributed by atoms with Gasteiger partial charge in [0.1, 0.15) is 5.75 Å². The maximum atomic E-state index is 12.0. The molecule has 0 bridgehead atoms. The minimum atomic E-state index is -0.205. The number of hydrogen-bond acceptors (Lipinski definition) is 4. The number of nitrogens with one attached hydrogen (secondary N) is 1. The van der Waals surface area contributed by atoms with Gasteiger partial charge in [-0.3, -0.25) is 4.79 Å². The van der Waals surface area contributed by atoms with E-state index >= 15 is 0 Å². The SMILES string of the molecule is Cc1ccc(C)c(OCC(=O)Nc2ccc(-c3cnco3)cc2)c1. The smallest absolute Gasteiger partial charge is 0.262 e. The maximum Gasteiger partial charge on any atom is 0.262 e. The lowest BCUT2D eigenvalue weighted by atomic mass is 10.1. The average Bonchev–Trinajstić information content (AvgIpc) is 3.11. The quantitative estimate of drug-likeness (QED) is 0.772. The first-order valence-electron chi connectivity index (χ1n) is 7.60. The number of aryl methyl sites for hydroxylation is 2. The summed E-state index contributed by atoms with van der Waals surface area (Å²) in [6.07, 6.45) is 3.03. The van der Waals surface area contributed by atoms with Crippen LogP contribution in [0.15, 0.2) is 59.5 Å². The highest BCUT2D eigenvalue weighted by molar-refractivity contribution is 5.92. The number of benzene rings is 2. The Balaban J connectivity index is 1.58. The Morgan fingerprint density at radius 3 is 2.67 bits per heavy atom. The minimum absolute atomic E-state index is 0.0336. The van der Waals surface area contributed by atoms with Crippen LogP contribution in [-0.4, -0.2) is 17.5 Å². The highest BCUT2D eigenvalue weighted by Crippen LogP contribution is 2.21. The van der Waals surface area contributed by atoms with E-state index < -0.39 is 0 Å². The van der Waals surface area contributed by atoms with Gasteiger partial charge in [0.25, 0.3) is 5.91 Å². The number of carbonyl (C=O) groups is 1. The molecule has 24 heavy (non-hydrogen) atoms. The topological polar surface area (TPSA) is 64.4 Å². The van der Waals surface area contributed by atoms with Gasteiger partial charge in [0.15, 0.2) is 18.8 Å². The molecule has 1 heterocycles. The van der Waals surface area contributed by atoms with Gasteiger partial charge in [-0.25, -0.2) is 4.98 Å². The van der Waals surface area contributed by atoms with Crippen molar-refractivity contribution >= 4 is 11.6 Å². The molecule has 3 aromatic rings. The van der Waals surface area contributed by atoms with Crippen molar-refractivity contribution in [3.8, 4) is 17.1 Å². The Hall–Kier alpha value is -3.08. The van der Waals surface area contributed by atoms with Gasteiger partial charge in [-0.15, -0.1) is 0 Å². The molecule has 0 aliphatic heterocycles. The number of oxazole rings is 1. The van der Waals surface area contributed by atoms with Crippen molar-refractivity contribution < 1.29 is 13.9 Å². The molecular formula is C19H18N2O3. The molecule has 2 aromatic carbocycles. The predicted octanol–water partition coefficient (Wildman–Crippen LogP) is 3.98. The number of amides is 1. The van der Waals surface area contributed by atoms with Crippen molar-refractivity contribution in [1.29, 1.82) is 0 Å². The molecule has 5 nitrogen and oxygen atoms in total. The largest absolute Gasteiger partial charge is 0.483 e. The monoisotopic (exact) mass is 322 g/mol. The van der Waals surface area contributed by atoms with Gasteiger partial charge >= 0.3 is 0 Å². The zero-order chi connectivity index (χ0) is 16.9. The average molecular weight is 322 g/mol. The standard InChI is InChI=1S/C19H18N2O3/c1-13-3-4-14(2)17(9-13)23-11-19(22)21-16-7-5-15(6-8-16)18-10-20-12-24-18/h3-10,12H,11H2,1-2H3,(H,21,22). The van der Waals surface area contributed by atoms with E-state index in [9.17, 15) is 4.79 Å². The lowest BCUT2D eigenvalue weighted by molar-refractivity contribution is -0.118. The van der Waals surface area contributed by atoms with E-state index in [1.807, 2.05) is 56.3 Å². The molecule has 1 aromatic heterocycles. The maximum absolute atomic E-state index is 12.0. The van der Waals surface area contributed by atoms with Gasteiger partial charge < -0.3 is 14.5 Å². The molecule has 0 fully saturated rings. The zero-order valence-electron chi connectivity index (χ0n) is 13.6. The summed E-state index contributed by atoms with van der Waals surface area (Å²) in [6.45, 7) is 3.91. The normalized spacial score (nSPS) is 10.4. The number of nitrogens with zero attached hydrogens (tertiary/aromatic N) is 1. The number of hydrogen-bond donors (Lipinski definition) is 1. The zero-order valence-corrected chi connectivity index (χ0v) is 13.6. The van der Waals surface area contributed by atoms with Crippen LogP contribution in [0.2, 0.25) is 0 Å². The van der Waals surface area contributed by atoms with E-state index in [1.165, 1.54) is 6.39 Å². The third-order valence-corrected chi connectivity index (χ3v) is 3.59. The van der Waals surface area contributed by atoms with Crippen molar-refractivity contribution in [2.24, 2.45) is 0 Å². The number of rotatable bonds is 5. The van der Waals surface area contributed by atoms with Crippen LogP contribution < -0.4 is 10.1 Å². The molecule has 0 unspecified atom stereocenters. The van der Waals surface area contributed by atoms with Gasteiger partial charge in [-0.05, 0) is 55.3 Å². The molecule has 0 saturated carbocycles. The molecular weight excluding hydrogens is 304 g/mol. The Bertz CT molecular complexity index is 824. The molecule has 0 radical (unpaired) electrons. The Kier molecular flexibility index (Phi) is 4.61. The third kappa shape index (κ3) is 3.81. The summed E-state index contributed by atoms with van der Waals surface area (Å²) in [5.41, 5.74) is 3.70. The van der Waals surface area contributed by atoms with E-state index in [-0.39, 0.29) is 12.5 Å². The molecule has 3 rings (SSSR count). The Morgan fingerprint density at radius 2 is 1.96 bits per heavy atom. The molecule has 0 aliphatic carbocycles. The molecule has 0 aliphatic rings. The fourth-order valence-electron chi connectivity index (χ4n) is 2.28. The van der Waals surface area contributed by atoms with Crippen LogP contribution >= 0.6 is 0 Å². The first-order chi connectivity index (χ1) is 11.6. The van der Waals surface area contributed by atoms with Gasteiger partial charge in [-0.2, -0.15) is 0 Å². The number of aromatic nitrogens is 1.